The molecule has 0 bridgehead atoms. The molecular weight excluding hydrogens is 316 g/mol. The molecule has 2 aromatic heterocycles. The Kier molecular flexibility index (Phi) is 3.48. The van der Waals surface area contributed by atoms with E-state index in [2.05, 4.69) is 9.82 Å². The second kappa shape index (κ2) is 5.24. The molecule has 0 spiro atoms. The van der Waals surface area contributed by atoms with E-state index in [0.29, 0.717) is 11.5 Å². The lowest BCUT2D eigenvalue weighted by molar-refractivity contribution is 0.601. The van der Waals surface area contributed by atoms with Crippen LogP contribution in [0.5, 0.6) is 0 Å². The first kappa shape index (κ1) is 15.3. The van der Waals surface area contributed by atoms with Crippen molar-refractivity contribution in [2.45, 2.75) is 18.7 Å². The van der Waals surface area contributed by atoms with E-state index >= 15 is 0 Å². The molecule has 120 valence electrons. The lowest BCUT2D eigenvalue weighted by Crippen LogP contribution is -2.22. The number of nitrogens with one attached hydrogen (secondary N) is 1. The Morgan fingerprint density at radius 3 is 2.43 bits per heavy atom. The van der Waals surface area contributed by atoms with Crippen LogP contribution in [0, 0.1) is 13.8 Å². The highest BCUT2D eigenvalue weighted by Gasteiger charge is 2.19. The molecule has 0 amide bonds. The summed E-state index contributed by atoms with van der Waals surface area (Å²) in [6.45, 7) is 3.63. The molecule has 0 aliphatic carbocycles. The summed E-state index contributed by atoms with van der Waals surface area (Å²) in [5.41, 5.74) is 1.41. The van der Waals surface area contributed by atoms with Crippen molar-refractivity contribution in [3.05, 3.63) is 58.3 Å². The topological polar surface area (TPSA) is 85.5 Å². The summed E-state index contributed by atoms with van der Waals surface area (Å²) in [5.74, 6) is 0.527. The minimum atomic E-state index is -3.78. The van der Waals surface area contributed by atoms with Gasteiger partial charge >= 0.3 is 0 Å². The monoisotopic (exact) mass is 332 g/mol. The molecule has 0 saturated carbocycles. The zero-order chi connectivity index (χ0) is 16.8. The van der Waals surface area contributed by atoms with Crippen molar-refractivity contribution in [1.82, 2.24) is 14.2 Å². The van der Waals surface area contributed by atoms with Crippen molar-refractivity contribution in [2.75, 3.05) is 4.72 Å². The molecule has 1 N–H and O–H groups in total. The molecule has 3 aromatic rings. The summed E-state index contributed by atoms with van der Waals surface area (Å²) in [4.78, 5) is 12.1. The van der Waals surface area contributed by atoms with Crippen molar-refractivity contribution < 1.29 is 8.42 Å². The van der Waals surface area contributed by atoms with Crippen LogP contribution in [0.3, 0.4) is 0 Å². The first-order valence-corrected chi connectivity index (χ1v) is 8.42. The quantitative estimate of drug-likeness (QED) is 0.786. The van der Waals surface area contributed by atoms with Gasteiger partial charge in [-0.25, -0.2) is 13.1 Å². The maximum atomic E-state index is 12.5. The second-order valence-electron chi connectivity index (χ2n) is 5.38. The predicted molar refractivity (Wildman–Crippen MR) is 87.2 cm³/mol. The largest absolute Gasteiger partial charge is 0.298 e. The van der Waals surface area contributed by atoms with E-state index in [4.69, 9.17) is 0 Å². The number of hydrogen-bond acceptors (Lipinski definition) is 4. The van der Waals surface area contributed by atoms with E-state index in [1.165, 1.54) is 28.4 Å². The number of sulfonamides is 1. The minimum Gasteiger partial charge on any atom is -0.298 e. The number of anilines is 1. The number of fused-ring (bicyclic) bond motifs is 1. The molecule has 0 aliphatic rings. The molecule has 3 rings (SSSR count). The molecule has 8 heteroatoms. The highest BCUT2D eigenvalue weighted by atomic mass is 32.2. The average Bonchev–Trinajstić information content (AvgIpc) is 2.94. The lowest BCUT2D eigenvalue weighted by Gasteiger charge is -2.06. The van der Waals surface area contributed by atoms with Crippen LogP contribution >= 0.6 is 0 Å². The molecule has 0 aliphatic heterocycles. The van der Waals surface area contributed by atoms with Crippen molar-refractivity contribution in [2.24, 2.45) is 7.05 Å². The summed E-state index contributed by atoms with van der Waals surface area (Å²) in [6, 6.07) is 8.37. The smallest absolute Gasteiger partial charge is 0.290 e. The standard InChI is InChI=1S/C15H16N4O3S/c1-10-4-6-12(7-5-10)17-23(21,22)13-8-14-15(20)18(3)16-11(2)19(14)9-13/h4-9,17H,1-3H3. The molecule has 0 fully saturated rings. The van der Waals surface area contributed by atoms with Gasteiger partial charge in [0.2, 0.25) is 0 Å². The maximum absolute atomic E-state index is 12.5. The summed E-state index contributed by atoms with van der Waals surface area (Å²) in [6.07, 6.45) is 1.40. The van der Waals surface area contributed by atoms with Crippen LogP contribution in [0.15, 0.2) is 46.2 Å². The average molecular weight is 332 g/mol. The molecule has 7 nitrogen and oxygen atoms in total. The third-order valence-corrected chi connectivity index (χ3v) is 4.91. The fourth-order valence-electron chi connectivity index (χ4n) is 2.33. The van der Waals surface area contributed by atoms with Crippen LogP contribution in [0.1, 0.15) is 11.4 Å². The Hall–Kier alpha value is -2.61. The van der Waals surface area contributed by atoms with Gasteiger partial charge in [-0.05, 0) is 32.0 Å². The van der Waals surface area contributed by atoms with Gasteiger partial charge in [-0.15, -0.1) is 0 Å². The van der Waals surface area contributed by atoms with Crippen LogP contribution in [0.4, 0.5) is 5.69 Å². The van der Waals surface area contributed by atoms with E-state index in [1.54, 1.807) is 19.1 Å². The number of aromatic nitrogens is 3. The Balaban J connectivity index is 2.08. The molecule has 0 radical (unpaired) electrons. The number of benzene rings is 1. The summed E-state index contributed by atoms with van der Waals surface area (Å²) in [7, 11) is -2.25. The molecule has 0 saturated heterocycles. The molecular formula is C15H16N4O3S. The molecule has 2 heterocycles. The highest BCUT2D eigenvalue weighted by molar-refractivity contribution is 7.92. The third-order valence-electron chi connectivity index (χ3n) is 3.57. The van der Waals surface area contributed by atoms with Gasteiger partial charge in [0.1, 0.15) is 16.2 Å². The van der Waals surface area contributed by atoms with E-state index < -0.39 is 10.0 Å². The first-order chi connectivity index (χ1) is 10.8. The number of rotatable bonds is 3. The van der Waals surface area contributed by atoms with Gasteiger partial charge in [0.15, 0.2) is 0 Å². The Labute approximate surface area is 133 Å². The van der Waals surface area contributed by atoms with Crippen LogP contribution < -0.4 is 10.3 Å². The molecule has 0 unspecified atom stereocenters. The van der Waals surface area contributed by atoms with Gasteiger partial charge in [0.25, 0.3) is 15.6 Å². The summed E-state index contributed by atoms with van der Waals surface area (Å²) in [5, 5.41) is 4.04. The lowest BCUT2D eigenvalue weighted by atomic mass is 10.2. The van der Waals surface area contributed by atoms with Gasteiger partial charge in [0, 0.05) is 18.9 Å². The van der Waals surface area contributed by atoms with Gasteiger partial charge in [-0.1, -0.05) is 17.7 Å². The van der Waals surface area contributed by atoms with E-state index in [9.17, 15) is 13.2 Å². The highest BCUT2D eigenvalue weighted by Crippen LogP contribution is 2.18. The van der Waals surface area contributed by atoms with Gasteiger partial charge in [-0.3, -0.25) is 13.9 Å². The molecule has 0 atom stereocenters. The van der Waals surface area contributed by atoms with E-state index in [1.807, 2.05) is 19.1 Å². The number of nitrogens with zero attached hydrogens (tertiary/aromatic N) is 3. The fourth-order valence-corrected chi connectivity index (χ4v) is 3.41. The van der Waals surface area contributed by atoms with Crippen molar-refractivity contribution >= 4 is 21.2 Å². The maximum Gasteiger partial charge on any atom is 0.290 e. The minimum absolute atomic E-state index is 0.0197. The van der Waals surface area contributed by atoms with E-state index in [0.717, 1.165) is 5.56 Å². The Morgan fingerprint density at radius 2 is 1.78 bits per heavy atom. The Morgan fingerprint density at radius 1 is 1.13 bits per heavy atom. The van der Waals surface area contributed by atoms with Gasteiger partial charge < -0.3 is 0 Å². The second-order valence-corrected chi connectivity index (χ2v) is 7.06. The van der Waals surface area contributed by atoms with Crippen LogP contribution in [0.25, 0.3) is 5.52 Å². The van der Waals surface area contributed by atoms with Crippen molar-refractivity contribution in [3.8, 4) is 0 Å². The van der Waals surface area contributed by atoms with Crippen LogP contribution in [-0.2, 0) is 17.1 Å². The summed E-state index contributed by atoms with van der Waals surface area (Å²) >= 11 is 0. The van der Waals surface area contributed by atoms with Gasteiger partial charge in [-0.2, -0.15) is 5.10 Å². The van der Waals surface area contributed by atoms with E-state index in [-0.39, 0.29) is 16.0 Å². The van der Waals surface area contributed by atoms with Crippen LogP contribution in [-0.4, -0.2) is 22.6 Å². The SMILES string of the molecule is Cc1ccc(NS(=O)(=O)c2cc3c(=O)n(C)nc(C)n3c2)cc1. The zero-order valence-corrected chi connectivity index (χ0v) is 13.8. The summed E-state index contributed by atoms with van der Waals surface area (Å²) < 4.78 is 30.2. The Bertz CT molecular complexity index is 1050. The zero-order valence-electron chi connectivity index (χ0n) is 12.9. The van der Waals surface area contributed by atoms with Gasteiger partial charge in [0.05, 0.1) is 0 Å². The van der Waals surface area contributed by atoms with Crippen molar-refractivity contribution in [1.29, 1.82) is 0 Å². The fraction of sp³-hybridized carbons (Fsp3) is 0.200. The third kappa shape index (κ3) is 2.72. The normalized spacial score (nSPS) is 11.8. The van der Waals surface area contributed by atoms with Crippen LogP contribution in [0.2, 0.25) is 0 Å². The van der Waals surface area contributed by atoms with Crippen molar-refractivity contribution in [3.63, 3.8) is 0 Å². The number of hydrogen-bond donors (Lipinski definition) is 1. The predicted octanol–water partition coefficient (Wildman–Crippen LogP) is 1.45. The molecule has 1 aromatic carbocycles. The molecule has 23 heavy (non-hydrogen) atoms. The first-order valence-electron chi connectivity index (χ1n) is 6.93. The number of aryl methyl sites for hydroxylation is 3.